The molecule has 1 aromatic rings. The second-order valence-corrected chi connectivity index (χ2v) is 7.53. The Bertz CT molecular complexity index is 901. The van der Waals surface area contributed by atoms with Crippen LogP contribution >= 0.6 is 0 Å². The third kappa shape index (κ3) is 1.85. The summed E-state index contributed by atoms with van der Waals surface area (Å²) in [5.74, 6) is -5.74. The van der Waals surface area contributed by atoms with Gasteiger partial charge in [0.1, 0.15) is 11.4 Å². The summed E-state index contributed by atoms with van der Waals surface area (Å²) in [6.45, 7) is 1.61. The van der Waals surface area contributed by atoms with Gasteiger partial charge in [0.15, 0.2) is 23.0 Å². The molecule has 136 valence electrons. The second kappa shape index (κ2) is 5.09. The molecule has 26 heavy (non-hydrogen) atoms. The van der Waals surface area contributed by atoms with Gasteiger partial charge in [-0.2, -0.15) is 0 Å². The largest absolute Gasteiger partial charge is 0.507 e. The average molecular weight is 358 g/mol. The molecule has 0 aromatic heterocycles. The SMILES string of the molecule is CC1=CC(=O)C2(O)C3C(=O)c4cccc(O)c4C(=O)C3C(O)CC2(O)C1. The van der Waals surface area contributed by atoms with Crippen LogP contribution in [0.3, 0.4) is 0 Å². The molecular weight excluding hydrogens is 340 g/mol. The van der Waals surface area contributed by atoms with Gasteiger partial charge in [-0.25, -0.2) is 0 Å². The Morgan fingerprint density at radius 1 is 1.12 bits per heavy atom. The summed E-state index contributed by atoms with van der Waals surface area (Å²) in [5.41, 5.74) is -4.39. The fourth-order valence-corrected chi connectivity index (χ4v) is 4.85. The molecule has 0 spiro atoms. The number of rotatable bonds is 0. The number of Topliss-reactive ketones (excluding diaryl/α,β-unsaturated/α-hetero) is 2. The Balaban J connectivity index is 1.99. The number of aliphatic hydroxyl groups excluding tert-OH is 1. The predicted octanol–water partition coefficient (Wildman–Crippen LogP) is 0.150. The van der Waals surface area contributed by atoms with Crippen molar-refractivity contribution in [3.8, 4) is 5.75 Å². The molecule has 4 N–H and O–H groups in total. The highest BCUT2D eigenvalue weighted by molar-refractivity contribution is 6.20. The minimum absolute atomic E-state index is 0.0934. The van der Waals surface area contributed by atoms with Crippen molar-refractivity contribution in [1.29, 1.82) is 0 Å². The first-order valence-corrected chi connectivity index (χ1v) is 8.36. The van der Waals surface area contributed by atoms with Crippen LogP contribution in [-0.2, 0) is 4.79 Å². The number of benzene rings is 1. The van der Waals surface area contributed by atoms with Gasteiger partial charge in [0.25, 0.3) is 0 Å². The molecule has 5 unspecified atom stereocenters. The zero-order chi connectivity index (χ0) is 19.0. The molecule has 3 aliphatic carbocycles. The zero-order valence-corrected chi connectivity index (χ0v) is 14.0. The third-order valence-corrected chi connectivity index (χ3v) is 5.94. The lowest BCUT2D eigenvalue weighted by molar-refractivity contribution is -0.219. The molecule has 0 aliphatic heterocycles. The van der Waals surface area contributed by atoms with Crippen LogP contribution in [0.15, 0.2) is 29.8 Å². The van der Waals surface area contributed by atoms with Crippen LogP contribution in [0.25, 0.3) is 0 Å². The Kier molecular flexibility index (Phi) is 3.35. The van der Waals surface area contributed by atoms with Gasteiger partial charge in [-0.05, 0) is 19.1 Å². The van der Waals surface area contributed by atoms with E-state index in [4.69, 9.17) is 0 Å². The maximum absolute atomic E-state index is 13.1. The molecule has 7 nitrogen and oxygen atoms in total. The van der Waals surface area contributed by atoms with Gasteiger partial charge >= 0.3 is 0 Å². The van der Waals surface area contributed by atoms with Crippen molar-refractivity contribution in [2.24, 2.45) is 11.8 Å². The molecule has 0 heterocycles. The molecular formula is C19H18O7. The minimum atomic E-state index is -2.51. The molecule has 0 amide bonds. The van der Waals surface area contributed by atoms with E-state index in [1.807, 2.05) is 0 Å². The standard InChI is InChI=1S/C19H18O7/c1-8-5-12(22)19(26)15-14(11(21)7-18(19,25)6-8)17(24)13-9(16(15)23)3-2-4-10(13)20/h2-5,11,14-15,20-21,25-26H,6-7H2,1H3. The monoisotopic (exact) mass is 358 g/mol. The van der Waals surface area contributed by atoms with E-state index < -0.39 is 58.7 Å². The van der Waals surface area contributed by atoms with Crippen LogP contribution in [0.4, 0.5) is 0 Å². The summed E-state index contributed by atoms with van der Waals surface area (Å²) in [5, 5.41) is 42.8. The van der Waals surface area contributed by atoms with E-state index in [0.717, 1.165) is 0 Å². The number of fused-ring (bicyclic) bond motifs is 4. The lowest BCUT2D eigenvalue weighted by Crippen LogP contribution is -2.74. The van der Waals surface area contributed by atoms with E-state index in [0.29, 0.717) is 5.57 Å². The van der Waals surface area contributed by atoms with Crippen molar-refractivity contribution < 1.29 is 34.8 Å². The topological polar surface area (TPSA) is 132 Å². The van der Waals surface area contributed by atoms with E-state index in [9.17, 15) is 34.8 Å². The van der Waals surface area contributed by atoms with Crippen LogP contribution in [0, 0.1) is 11.8 Å². The Hall–Kier alpha value is -2.35. The summed E-state index contributed by atoms with van der Waals surface area (Å²) >= 11 is 0. The number of aliphatic hydroxyl groups is 3. The fraction of sp³-hybridized carbons (Fsp3) is 0.421. The molecule has 1 saturated carbocycles. The van der Waals surface area contributed by atoms with E-state index in [1.165, 1.54) is 24.3 Å². The number of carbonyl (C=O) groups is 3. The van der Waals surface area contributed by atoms with Crippen molar-refractivity contribution in [2.45, 2.75) is 37.1 Å². The lowest BCUT2D eigenvalue weighted by Gasteiger charge is -2.56. The van der Waals surface area contributed by atoms with E-state index in [2.05, 4.69) is 0 Å². The van der Waals surface area contributed by atoms with Gasteiger partial charge in [0.2, 0.25) is 0 Å². The van der Waals surface area contributed by atoms with Crippen molar-refractivity contribution in [3.63, 3.8) is 0 Å². The van der Waals surface area contributed by atoms with Crippen LogP contribution in [-0.4, -0.2) is 55.1 Å². The van der Waals surface area contributed by atoms with Gasteiger partial charge in [0.05, 0.1) is 23.5 Å². The van der Waals surface area contributed by atoms with Gasteiger partial charge in [0, 0.05) is 18.4 Å². The zero-order valence-electron chi connectivity index (χ0n) is 14.0. The summed E-state index contributed by atoms with van der Waals surface area (Å²) in [6, 6.07) is 3.95. The first-order chi connectivity index (χ1) is 12.1. The molecule has 0 bridgehead atoms. The normalized spacial score (nSPS) is 39.0. The Morgan fingerprint density at radius 2 is 1.81 bits per heavy atom. The van der Waals surface area contributed by atoms with Crippen LogP contribution < -0.4 is 0 Å². The van der Waals surface area contributed by atoms with Crippen LogP contribution in [0.1, 0.15) is 40.5 Å². The van der Waals surface area contributed by atoms with Gasteiger partial charge < -0.3 is 20.4 Å². The van der Waals surface area contributed by atoms with Crippen molar-refractivity contribution in [3.05, 3.63) is 41.0 Å². The molecule has 3 aliphatic rings. The van der Waals surface area contributed by atoms with Crippen molar-refractivity contribution in [2.75, 3.05) is 0 Å². The summed E-state index contributed by atoms with van der Waals surface area (Å²) in [4.78, 5) is 38.7. The number of ketones is 3. The molecule has 1 fully saturated rings. The molecule has 0 radical (unpaired) electrons. The minimum Gasteiger partial charge on any atom is -0.507 e. The number of phenolic OH excluding ortho intramolecular Hbond substituents is 1. The van der Waals surface area contributed by atoms with Gasteiger partial charge in [-0.3, -0.25) is 14.4 Å². The fourth-order valence-electron chi connectivity index (χ4n) is 4.85. The van der Waals surface area contributed by atoms with Gasteiger partial charge in [-0.1, -0.05) is 17.7 Å². The molecule has 0 saturated heterocycles. The molecule has 7 heteroatoms. The van der Waals surface area contributed by atoms with E-state index in [-0.39, 0.29) is 17.5 Å². The maximum Gasteiger partial charge on any atom is 0.190 e. The molecule has 4 rings (SSSR count). The van der Waals surface area contributed by atoms with Crippen molar-refractivity contribution >= 4 is 17.3 Å². The van der Waals surface area contributed by atoms with Gasteiger partial charge in [-0.15, -0.1) is 0 Å². The van der Waals surface area contributed by atoms with Crippen LogP contribution in [0.5, 0.6) is 5.75 Å². The maximum atomic E-state index is 13.1. The molecule has 5 atom stereocenters. The summed E-state index contributed by atoms with van der Waals surface area (Å²) < 4.78 is 0. The Labute approximate surface area is 148 Å². The van der Waals surface area contributed by atoms with E-state index in [1.54, 1.807) is 6.92 Å². The number of carbonyl (C=O) groups excluding carboxylic acids is 3. The third-order valence-electron chi connectivity index (χ3n) is 5.94. The first kappa shape index (κ1) is 17.1. The van der Waals surface area contributed by atoms with E-state index >= 15 is 0 Å². The number of aromatic hydroxyl groups is 1. The lowest BCUT2D eigenvalue weighted by atomic mass is 9.51. The summed E-state index contributed by atoms with van der Waals surface area (Å²) in [7, 11) is 0. The van der Waals surface area contributed by atoms with Crippen molar-refractivity contribution in [1.82, 2.24) is 0 Å². The second-order valence-electron chi connectivity index (χ2n) is 7.53. The highest BCUT2D eigenvalue weighted by atomic mass is 16.4. The first-order valence-electron chi connectivity index (χ1n) is 8.36. The highest BCUT2D eigenvalue weighted by Gasteiger charge is 2.70. The number of phenols is 1. The smallest absolute Gasteiger partial charge is 0.190 e. The number of hydrogen-bond donors (Lipinski definition) is 4. The molecule has 1 aromatic carbocycles. The number of hydrogen-bond acceptors (Lipinski definition) is 7. The highest BCUT2D eigenvalue weighted by Crippen LogP contribution is 2.54. The predicted molar refractivity (Wildman–Crippen MR) is 87.7 cm³/mol. The quantitative estimate of drug-likeness (QED) is 0.519. The van der Waals surface area contributed by atoms with Crippen LogP contribution in [0.2, 0.25) is 0 Å². The Morgan fingerprint density at radius 3 is 2.50 bits per heavy atom. The average Bonchev–Trinajstić information content (AvgIpc) is 2.54. The summed E-state index contributed by atoms with van der Waals surface area (Å²) in [6.07, 6.45) is -0.792.